The highest BCUT2D eigenvalue weighted by Gasteiger charge is 2.25. The second-order valence-electron chi connectivity index (χ2n) is 9.95. The van der Waals surface area contributed by atoms with Crippen LogP contribution in [0.25, 0.3) is 10.6 Å². The molecule has 0 aliphatic carbocycles. The minimum Gasteiger partial charge on any atom is -0.492 e. The minimum atomic E-state index is -0.693. The average molecular weight is 571 g/mol. The van der Waals surface area contributed by atoms with Crippen molar-refractivity contribution < 1.29 is 19.4 Å². The number of unbranched alkanes of at least 4 members (excludes halogenated alkanes) is 1. The number of aryl methyl sites for hydroxylation is 2. The third kappa shape index (κ3) is 7.35. The fourth-order valence-electron chi connectivity index (χ4n) is 4.80. The van der Waals surface area contributed by atoms with Crippen LogP contribution in [0, 0.1) is 19.8 Å². The van der Waals surface area contributed by atoms with Crippen LogP contribution in [-0.4, -0.2) is 64.9 Å². The quantitative estimate of drug-likeness (QED) is 0.297. The number of rotatable bonds is 11. The zero-order valence-electron chi connectivity index (χ0n) is 22.7. The number of hydrogen-bond acceptors (Lipinski definition) is 7. The van der Waals surface area contributed by atoms with Gasteiger partial charge in [-0.3, -0.25) is 19.4 Å². The van der Waals surface area contributed by atoms with Crippen LogP contribution in [0.3, 0.4) is 0 Å². The molecule has 2 heterocycles. The summed E-state index contributed by atoms with van der Waals surface area (Å²) in [7, 11) is 0. The molecule has 0 atom stereocenters. The molecule has 0 spiro atoms. The van der Waals surface area contributed by atoms with Crippen molar-refractivity contribution in [3.63, 3.8) is 0 Å². The molecule has 4 rings (SSSR count). The molecule has 1 aliphatic rings. The normalized spacial score (nSPS) is 14.4. The van der Waals surface area contributed by atoms with Crippen LogP contribution >= 0.6 is 22.9 Å². The first kappa shape index (κ1) is 29.0. The molecule has 0 bridgehead atoms. The van der Waals surface area contributed by atoms with Crippen molar-refractivity contribution in [2.75, 3.05) is 37.7 Å². The topological polar surface area (TPSA) is 95.9 Å². The lowest BCUT2D eigenvalue weighted by atomic mass is 9.97. The lowest BCUT2D eigenvalue weighted by molar-refractivity contribution is -0.143. The SMILES string of the molecule is CCCCN(C(=O)c1cccc(Cl)c1)c1nnc(-c2cc(C)c(OCCN3CCC(C(=O)O)CC3)c(C)c2)s1. The predicted molar refractivity (Wildman–Crippen MR) is 155 cm³/mol. The number of aromatic nitrogens is 2. The van der Waals surface area contributed by atoms with Gasteiger partial charge in [0, 0.05) is 29.2 Å². The van der Waals surface area contributed by atoms with E-state index in [0.29, 0.717) is 41.7 Å². The Hall–Kier alpha value is -3.01. The lowest BCUT2D eigenvalue weighted by Crippen LogP contribution is -2.38. The van der Waals surface area contributed by atoms with Crippen LogP contribution in [0.15, 0.2) is 36.4 Å². The van der Waals surface area contributed by atoms with Gasteiger partial charge in [-0.2, -0.15) is 0 Å². The Bertz CT molecular complexity index is 1280. The zero-order valence-corrected chi connectivity index (χ0v) is 24.2. The van der Waals surface area contributed by atoms with Gasteiger partial charge in [0.1, 0.15) is 17.4 Å². The first-order chi connectivity index (χ1) is 18.8. The highest BCUT2D eigenvalue weighted by Crippen LogP contribution is 2.34. The summed E-state index contributed by atoms with van der Waals surface area (Å²) >= 11 is 7.52. The van der Waals surface area contributed by atoms with E-state index in [2.05, 4.69) is 22.0 Å². The molecule has 0 radical (unpaired) electrons. The number of nitrogens with zero attached hydrogens (tertiary/aromatic N) is 4. The van der Waals surface area contributed by atoms with Gasteiger partial charge < -0.3 is 9.84 Å². The number of aliphatic carboxylic acids is 1. The van der Waals surface area contributed by atoms with Gasteiger partial charge in [0.25, 0.3) is 5.91 Å². The summed E-state index contributed by atoms with van der Waals surface area (Å²) in [5.74, 6) is -0.212. The van der Waals surface area contributed by atoms with Crippen molar-refractivity contribution in [2.45, 2.75) is 46.5 Å². The molecule has 0 unspecified atom stereocenters. The molecule has 10 heteroatoms. The van der Waals surface area contributed by atoms with Crippen molar-refractivity contribution in [1.82, 2.24) is 15.1 Å². The maximum Gasteiger partial charge on any atom is 0.306 e. The van der Waals surface area contributed by atoms with Crippen LogP contribution in [0.5, 0.6) is 5.75 Å². The van der Waals surface area contributed by atoms with E-state index in [9.17, 15) is 14.7 Å². The van der Waals surface area contributed by atoms with Crippen molar-refractivity contribution in [3.05, 3.63) is 58.1 Å². The summed E-state index contributed by atoms with van der Waals surface area (Å²) in [5, 5.41) is 19.8. The second kappa shape index (κ2) is 13.4. The number of piperidine rings is 1. The van der Waals surface area contributed by atoms with Crippen molar-refractivity contribution >= 4 is 39.9 Å². The minimum absolute atomic E-state index is 0.142. The lowest BCUT2D eigenvalue weighted by Gasteiger charge is -2.30. The monoisotopic (exact) mass is 570 g/mol. The molecule has 39 heavy (non-hydrogen) atoms. The molecular weight excluding hydrogens is 536 g/mol. The number of carboxylic acid groups (broad SMARTS) is 1. The Morgan fingerprint density at radius 3 is 2.51 bits per heavy atom. The van der Waals surface area contributed by atoms with E-state index in [4.69, 9.17) is 16.3 Å². The molecular formula is C29H35ClN4O4S. The molecule has 1 aromatic heterocycles. The first-order valence-electron chi connectivity index (χ1n) is 13.4. The van der Waals surface area contributed by atoms with Gasteiger partial charge >= 0.3 is 5.97 Å². The molecule has 0 saturated carbocycles. The van der Waals surface area contributed by atoms with Crippen molar-refractivity contribution in [2.24, 2.45) is 5.92 Å². The Kier molecular flexibility index (Phi) is 9.94. The van der Waals surface area contributed by atoms with Crippen LogP contribution in [0.4, 0.5) is 5.13 Å². The predicted octanol–water partition coefficient (Wildman–Crippen LogP) is 6.10. The van der Waals surface area contributed by atoms with Gasteiger partial charge in [-0.25, -0.2) is 0 Å². The second-order valence-corrected chi connectivity index (χ2v) is 11.3. The van der Waals surface area contributed by atoms with Gasteiger partial charge in [-0.1, -0.05) is 42.3 Å². The molecule has 8 nitrogen and oxygen atoms in total. The maximum absolute atomic E-state index is 13.3. The Morgan fingerprint density at radius 1 is 1.15 bits per heavy atom. The summed E-state index contributed by atoms with van der Waals surface area (Å²) in [6, 6.07) is 11.0. The van der Waals surface area contributed by atoms with Gasteiger partial charge in [-0.05, 0) is 87.7 Å². The number of carbonyl (C=O) groups excluding carboxylic acids is 1. The third-order valence-corrected chi connectivity index (χ3v) is 8.23. The van der Waals surface area contributed by atoms with Crippen LogP contribution in [0.2, 0.25) is 5.02 Å². The van der Waals surface area contributed by atoms with Gasteiger partial charge in [0.05, 0.1) is 5.92 Å². The third-order valence-electron chi connectivity index (χ3n) is 7.00. The molecule has 1 N–H and O–H groups in total. The first-order valence-corrected chi connectivity index (χ1v) is 14.6. The zero-order chi connectivity index (χ0) is 27.9. The number of anilines is 1. The Labute approximate surface area is 238 Å². The fraction of sp³-hybridized carbons (Fsp3) is 0.448. The maximum atomic E-state index is 13.3. The molecule has 2 aromatic carbocycles. The van der Waals surface area contributed by atoms with E-state index in [1.807, 2.05) is 26.0 Å². The summed E-state index contributed by atoms with van der Waals surface area (Å²) in [5.41, 5.74) is 3.46. The molecule has 1 fully saturated rings. The fourth-order valence-corrected chi connectivity index (χ4v) is 5.85. The van der Waals surface area contributed by atoms with Crippen LogP contribution in [0.1, 0.15) is 54.1 Å². The number of halogens is 1. The number of ether oxygens (including phenoxy) is 1. The molecule has 1 amide bonds. The Balaban J connectivity index is 1.44. The van der Waals surface area contributed by atoms with Gasteiger partial charge in [0.2, 0.25) is 5.13 Å². The highest BCUT2D eigenvalue weighted by atomic mass is 35.5. The standard InChI is InChI=1S/C29H35ClN4O4S/c1-4-5-11-34(27(35)22-7-6-8-24(30)18-22)29-32-31-26(39-29)23-16-19(2)25(20(3)17-23)38-15-14-33-12-9-21(10-13-33)28(36)37/h6-8,16-18,21H,4-5,9-15H2,1-3H3,(H,36,37). The summed E-state index contributed by atoms with van der Waals surface area (Å²) in [6.45, 7) is 9.54. The average Bonchev–Trinajstić information content (AvgIpc) is 3.40. The number of amides is 1. The van der Waals surface area contributed by atoms with E-state index >= 15 is 0 Å². The Morgan fingerprint density at radius 2 is 1.87 bits per heavy atom. The van der Waals surface area contributed by atoms with E-state index in [0.717, 1.165) is 59.9 Å². The van der Waals surface area contributed by atoms with Gasteiger partial charge in [-0.15, -0.1) is 10.2 Å². The molecule has 1 saturated heterocycles. The summed E-state index contributed by atoms with van der Waals surface area (Å²) < 4.78 is 6.16. The summed E-state index contributed by atoms with van der Waals surface area (Å²) in [4.78, 5) is 28.4. The smallest absolute Gasteiger partial charge is 0.306 e. The van der Waals surface area contributed by atoms with Crippen molar-refractivity contribution in [3.8, 4) is 16.3 Å². The van der Waals surface area contributed by atoms with E-state index in [1.54, 1.807) is 29.2 Å². The number of carboxylic acids is 1. The highest BCUT2D eigenvalue weighted by molar-refractivity contribution is 7.18. The van der Waals surface area contributed by atoms with Crippen LogP contribution in [-0.2, 0) is 4.79 Å². The largest absolute Gasteiger partial charge is 0.492 e. The van der Waals surface area contributed by atoms with E-state index < -0.39 is 5.97 Å². The number of likely N-dealkylation sites (tertiary alicyclic amines) is 1. The van der Waals surface area contributed by atoms with E-state index in [-0.39, 0.29) is 11.8 Å². The van der Waals surface area contributed by atoms with Crippen LogP contribution < -0.4 is 9.64 Å². The summed E-state index contributed by atoms with van der Waals surface area (Å²) in [6.07, 6.45) is 3.17. The van der Waals surface area contributed by atoms with Crippen molar-refractivity contribution in [1.29, 1.82) is 0 Å². The van der Waals surface area contributed by atoms with E-state index in [1.165, 1.54) is 11.3 Å². The number of hydrogen-bond donors (Lipinski definition) is 1. The molecule has 3 aromatic rings. The molecule has 208 valence electrons. The number of carbonyl (C=O) groups is 2. The molecule has 1 aliphatic heterocycles. The number of benzene rings is 2. The van der Waals surface area contributed by atoms with Gasteiger partial charge in [0.15, 0.2) is 0 Å².